The van der Waals surface area contributed by atoms with Crippen molar-refractivity contribution >= 4 is 17.7 Å². The largest absolute Gasteiger partial charge is 0.338 e. The molecule has 0 heterocycles. The summed E-state index contributed by atoms with van der Waals surface area (Å²) in [7, 11) is 0. The highest BCUT2D eigenvalue weighted by molar-refractivity contribution is 7.99. The van der Waals surface area contributed by atoms with Crippen molar-refractivity contribution in [1.82, 2.24) is 4.90 Å². The average molecular weight is 263 g/mol. The van der Waals surface area contributed by atoms with Crippen LogP contribution in [0.5, 0.6) is 0 Å². The fourth-order valence-electron chi connectivity index (χ4n) is 1.62. The molecule has 0 aliphatic carbocycles. The molecular formula is C15H21NOS. The van der Waals surface area contributed by atoms with Gasteiger partial charge in [-0.1, -0.05) is 42.5 Å². The first-order chi connectivity index (χ1) is 8.63. The predicted octanol–water partition coefficient (Wildman–Crippen LogP) is 3.34. The fraction of sp³-hybridized carbons (Fsp3) is 0.400. The number of hydrogen-bond donors (Lipinski definition) is 0. The summed E-state index contributed by atoms with van der Waals surface area (Å²) >= 11 is 1.66. The van der Waals surface area contributed by atoms with Gasteiger partial charge >= 0.3 is 0 Å². The van der Waals surface area contributed by atoms with Crippen molar-refractivity contribution in [2.45, 2.75) is 19.6 Å². The number of carbonyl (C=O) groups is 1. The van der Waals surface area contributed by atoms with Crippen LogP contribution in [0.25, 0.3) is 0 Å². The van der Waals surface area contributed by atoms with Gasteiger partial charge in [-0.3, -0.25) is 4.79 Å². The molecule has 2 nitrogen and oxygen atoms in total. The molecule has 0 radical (unpaired) electrons. The van der Waals surface area contributed by atoms with Gasteiger partial charge in [0.05, 0.1) is 5.75 Å². The summed E-state index contributed by atoms with van der Waals surface area (Å²) in [5.74, 6) is 1.62. The number of thioether (sulfide) groups is 1. The van der Waals surface area contributed by atoms with Crippen LogP contribution < -0.4 is 0 Å². The van der Waals surface area contributed by atoms with E-state index in [9.17, 15) is 4.79 Å². The zero-order chi connectivity index (χ0) is 13.4. The first kappa shape index (κ1) is 14.8. The number of amides is 1. The lowest BCUT2D eigenvalue weighted by Crippen LogP contribution is -2.33. The van der Waals surface area contributed by atoms with E-state index in [0.717, 1.165) is 17.9 Å². The van der Waals surface area contributed by atoms with Gasteiger partial charge in [0.25, 0.3) is 0 Å². The van der Waals surface area contributed by atoms with Crippen molar-refractivity contribution in [2.24, 2.45) is 0 Å². The van der Waals surface area contributed by atoms with Crippen molar-refractivity contribution < 1.29 is 4.79 Å². The van der Waals surface area contributed by atoms with Crippen molar-refractivity contribution in [3.63, 3.8) is 0 Å². The molecule has 0 unspecified atom stereocenters. The van der Waals surface area contributed by atoms with Crippen LogP contribution in [0.2, 0.25) is 0 Å². The van der Waals surface area contributed by atoms with Crippen LogP contribution in [0.15, 0.2) is 42.5 Å². The summed E-state index contributed by atoms with van der Waals surface area (Å²) in [5, 5.41) is 0. The second-order valence-corrected chi connectivity index (χ2v) is 5.33. The molecule has 0 saturated heterocycles. The standard InChI is InChI=1S/C15H21NOS/c1-4-16(10-13(2)3)15(17)12-18-11-14-8-6-5-7-9-14/h5-9H,2,4,10-12H2,1,3H3. The molecule has 0 saturated carbocycles. The summed E-state index contributed by atoms with van der Waals surface area (Å²) in [6.07, 6.45) is 0. The summed E-state index contributed by atoms with van der Waals surface area (Å²) in [6.45, 7) is 9.22. The maximum atomic E-state index is 12.0. The Labute approximate surface area is 114 Å². The number of likely N-dealkylation sites (N-methyl/N-ethyl adjacent to an activating group) is 1. The summed E-state index contributed by atoms with van der Waals surface area (Å²) in [4.78, 5) is 13.8. The molecule has 3 heteroatoms. The first-order valence-electron chi connectivity index (χ1n) is 6.17. The Morgan fingerprint density at radius 3 is 2.56 bits per heavy atom. The fourth-order valence-corrected chi connectivity index (χ4v) is 2.51. The average Bonchev–Trinajstić information content (AvgIpc) is 2.36. The Hall–Kier alpha value is -1.22. The van der Waals surface area contributed by atoms with Gasteiger partial charge in [0.15, 0.2) is 0 Å². The lowest BCUT2D eigenvalue weighted by atomic mass is 10.2. The van der Waals surface area contributed by atoms with E-state index in [-0.39, 0.29) is 5.91 Å². The molecule has 1 rings (SSSR count). The van der Waals surface area contributed by atoms with Crippen LogP contribution in [0.4, 0.5) is 0 Å². The Morgan fingerprint density at radius 1 is 1.33 bits per heavy atom. The van der Waals surface area contributed by atoms with Crippen molar-refractivity contribution in [1.29, 1.82) is 0 Å². The Bertz CT molecular complexity index is 389. The number of hydrogen-bond acceptors (Lipinski definition) is 2. The highest BCUT2D eigenvalue weighted by Gasteiger charge is 2.11. The molecule has 0 aromatic heterocycles. The SMILES string of the molecule is C=C(C)CN(CC)C(=O)CSCc1ccccc1. The summed E-state index contributed by atoms with van der Waals surface area (Å²) in [5.41, 5.74) is 2.29. The molecule has 0 fully saturated rings. The third-order valence-corrected chi connectivity index (χ3v) is 3.52. The van der Waals surface area contributed by atoms with E-state index in [0.29, 0.717) is 12.3 Å². The van der Waals surface area contributed by atoms with Gasteiger partial charge in [-0.25, -0.2) is 0 Å². The van der Waals surface area contributed by atoms with Gasteiger partial charge < -0.3 is 4.90 Å². The third-order valence-electron chi connectivity index (χ3n) is 2.53. The zero-order valence-corrected chi connectivity index (χ0v) is 12.0. The van der Waals surface area contributed by atoms with E-state index in [1.165, 1.54) is 5.56 Å². The quantitative estimate of drug-likeness (QED) is 0.703. The molecule has 98 valence electrons. The molecule has 0 bridgehead atoms. The number of nitrogens with zero attached hydrogens (tertiary/aromatic N) is 1. The number of benzene rings is 1. The van der Waals surface area contributed by atoms with E-state index in [4.69, 9.17) is 0 Å². The highest BCUT2D eigenvalue weighted by Crippen LogP contribution is 2.12. The monoisotopic (exact) mass is 263 g/mol. The van der Waals surface area contributed by atoms with Crippen LogP contribution in [0, 0.1) is 0 Å². The maximum Gasteiger partial charge on any atom is 0.232 e. The Morgan fingerprint density at radius 2 is 2.00 bits per heavy atom. The highest BCUT2D eigenvalue weighted by atomic mass is 32.2. The molecule has 1 aromatic carbocycles. The topological polar surface area (TPSA) is 20.3 Å². The summed E-state index contributed by atoms with van der Waals surface area (Å²) < 4.78 is 0. The second-order valence-electron chi connectivity index (χ2n) is 4.34. The van der Waals surface area contributed by atoms with Crippen LogP contribution in [0.3, 0.4) is 0 Å². The molecule has 1 aromatic rings. The predicted molar refractivity (Wildman–Crippen MR) is 79.7 cm³/mol. The minimum Gasteiger partial charge on any atom is -0.338 e. The summed E-state index contributed by atoms with van der Waals surface area (Å²) in [6, 6.07) is 10.2. The van der Waals surface area contributed by atoms with Crippen LogP contribution in [0.1, 0.15) is 19.4 Å². The normalized spacial score (nSPS) is 10.1. The minimum absolute atomic E-state index is 0.196. The van der Waals surface area contributed by atoms with Crippen LogP contribution >= 0.6 is 11.8 Å². The second kappa shape index (κ2) is 7.98. The van der Waals surface area contributed by atoms with Crippen molar-refractivity contribution in [3.8, 4) is 0 Å². The molecule has 0 aliphatic rings. The number of carbonyl (C=O) groups excluding carboxylic acids is 1. The van der Waals surface area contributed by atoms with Crippen LogP contribution in [-0.2, 0) is 10.5 Å². The molecule has 0 N–H and O–H groups in total. The van der Waals surface area contributed by atoms with Gasteiger partial charge in [0.2, 0.25) is 5.91 Å². The molecule has 0 spiro atoms. The molecule has 1 amide bonds. The van der Waals surface area contributed by atoms with Gasteiger partial charge in [0.1, 0.15) is 0 Å². The van der Waals surface area contributed by atoms with E-state index in [1.807, 2.05) is 36.9 Å². The number of rotatable bonds is 7. The molecular weight excluding hydrogens is 242 g/mol. The van der Waals surface area contributed by atoms with E-state index in [2.05, 4.69) is 18.7 Å². The molecule has 0 atom stereocenters. The molecule has 18 heavy (non-hydrogen) atoms. The first-order valence-corrected chi connectivity index (χ1v) is 7.32. The lowest BCUT2D eigenvalue weighted by molar-refractivity contribution is -0.127. The van der Waals surface area contributed by atoms with E-state index < -0.39 is 0 Å². The zero-order valence-electron chi connectivity index (χ0n) is 11.2. The van der Waals surface area contributed by atoms with Crippen LogP contribution in [-0.4, -0.2) is 29.6 Å². The Kier molecular flexibility index (Phi) is 6.58. The van der Waals surface area contributed by atoms with Gasteiger partial charge in [-0.2, -0.15) is 0 Å². The Balaban J connectivity index is 2.34. The van der Waals surface area contributed by atoms with Gasteiger partial charge in [-0.15, -0.1) is 11.8 Å². The third kappa shape index (κ3) is 5.41. The lowest BCUT2D eigenvalue weighted by Gasteiger charge is -2.20. The minimum atomic E-state index is 0.196. The van der Waals surface area contributed by atoms with E-state index in [1.54, 1.807) is 11.8 Å². The van der Waals surface area contributed by atoms with Gasteiger partial charge in [0, 0.05) is 18.8 Å². The molecule has 0 aliphatic heterocycles. The van der Waals surface area contributed by atoms with E-state index >= 15 is 0 Å². The van der Waals surface area contributed by atoms with Gasteiger partial charge in [-0.05, 0) is 19.4 Å². The maximum absolute atomic E-state index is 12.0. The van der Waals surface area contributed by atoms with Crippen molar-refractivity contribution in [2.75, 3.05) is 18.8 Å². The van der Waals surface area contributed by atoms with Crippen molar-refractivity contribution in [3.05, 3.63) is 48.0 Å². The smallest absolute Gasteiger partial charge is 0.232 e.